The maximum absolute atomic E-state index is 13.7. The zero-order valence-electron chi connectivity index (χ0n) is 41.0. The van der Waals surface area contributed by atoms with E-state index in [1.165, 1.54) is 11.3 Å². The quantitative estimate of drug-likeness (QED) is 0.0420. The molecule has 1 saturated carbocycles. The number of ether oxygens (including phenoxy) is 1. The Bertz CT molecular complexity index is 3130. The molecule has 17 heteroatoms. The fourth-order valence-corrected chi connectivity index (χ4v) is 12.2. The summed E-state index contributed by atoms with van der Waals surface area (Å²) in [6.07, 6.45) is 7.57. The maximum atomic E-state index is 13.7. The first kappa shape index (κ1) is 49.1. The molecule has 6 aromatic rings. The van der Waals surface area contributed by atoms with Crippen LogP contribution in [-0.4, -0.2) is 95.1 Å². The third kappa shape index (κ3) is 10.6. The lowest BCUT2D eigenvalue weighted by atomic mass is 9.76. The van der Waals surface area contributed by atoms with Crippen LogP contribution in [0.1, 0.15) is 94.5 Å². The minimum atomic E-state index is -1.13. The van der Waals surface area contributed by atoms with Gasteiger partial charge < -0.3 is 30.8 Å². The minimum Gasteiger partial charge on any atom is -0.493 e. The Kier molecular flexibility index (Phi) is 14.1. The standard InChI is InChI=1S/C56H59N9O7S/c1-33-37(38-15-17-47(61-51(38)54(70)71)65-25-20-35-7-5-9-39(42(35)31-65)52(68)63-55-60-43-10-3-4-12-46(43)73-55)8-6-11-45(33)72-28-21-34-19-22-56(30-34)23-26-64(27-24-56)32-49(67)59-36-13-14-40(44(29-36)58-2)50(57)41-16-18-48(66)62-53(41)69/h3-15,17,29,34,41,57-58H,16,18-28,30-32H2,1-2H3,(H,59,67)(H,70,71)(H,60,63,68)(H,62,66,69)/t34-,41?/m1/s1. The fraction of sp³-hybridized carbons (Fsp3) is 0.357. The van der Waals surface area contributed by atoms with E-state index in [9.17, 15) is 29.1 Å². The number of thiazole rings is 1. The van der Waals surface area contributed by atoms with Crippen molar-refractivity contribution in [1.29, 1.82) is 5.41 Å². The van der Waals surface area contributed by atoms with E-state index < -0.39 is 17.8 Å². The number of aromatic carboxylic acids is 1. The van der Waals surface area contributed by atoms with Gasteiger partial charge in [0.15, 0.2) is 10.8 Å². The lowest BCUT2D eigenvalue weighted by molar-refractivity contribution is -0.134. The van der Waals surface area contributed by atoms with Crippen molar-refractivity contribution >= 4 is 79.2 Å². The van der Waals surface area contributed by atoms with Crippen LogP contribution in [0.25, 0.3) is 21.3 Å². The summed E-state index contributed by atoms with van der Waals surface area (Å²) >= 11 is 1.43. The zero-order chi connectivity index (χ0) is 50.8. The molecule has 0 radical (unpaired) electrons. The van der Waals surface area contributed by atoms with Gasteiger partial charge in [-0.2, -0.15) is 0 Å². The summed E-state index contributed by atoms with van der Waals surface area (Å²) in [6, 6.07) is 28.2. The number of aromatic nitrogens is 2. The van der Waals surface area contributed by atoms with Crippen molar-refractivity contribution in [2.24, 2.45) is 17.3 Å². The molecule has 2 atom stereocenters. The van der Waals surface area contributed by atoms with Crippen molar-refractivity contribution in [1.82, 2.24) is 20.2 Å². The van der Waals surface area contributed by atoms with Crippen molar-refractivity contribution < 1.29 is 33.8 Å². The molecular weight excluding hydrogens is 943 g/mol. The molecule has 73 heavy (non-hydrogen) atoms. The number of piperidine rings is 2. The number of pyridine rings is 1. The highest BCUT2D eigenvalue weighted by Gasteiger charge is 2.41. The number of carbonyl (C=O) groups excluding carboxylic acids is 4. The van der Waals surface area contributed by atoms with Gasteiger partial charge in [-0.15, -0.1) is 0 Å². The molecule has 1 spiro atoms. The second-order valence-corrected chi connectivity index (χ2v) is 20.9. The Morgan fingerprint density at radius 1 is 0.890 bits per heavy atom. The summed E-state index contributed by atoms with van der Waals surface area (Å²) in [6.45, 7) is 5.50. The molecular formula is C56H59N9O7S. The fourth-order valence-electron chi connectivity index (χ4n) is 11.3. The number of amides is 4. The molecule has 5 heterocycles. The Morgan fingerprint density at radius 3 is 2.51 bits per heavy atom. The third-order valence-corrected chi connectivity index (χ3v) is 16.3. The molecule has 16 nitrogen and oxygen atoms in total. The molecule has 10 rings (SSSR count). The van der Waals surface area contributed by atoms with Gasteiger partial charge in [-0.1, -0.05) is 47.7 Å². The number of rotatable bonds is 15. The number of benzene rings is 4. The molecule has 4 aliphatic rings. The van der Waals surface area contributed by atoms with Gasteiger partial charge in [0.25, 0.3) is 5.91 Å². The lowest BCUT2D eigenvalue weighted by Gasteiger charge is -2.39. The first-order chi connectivity index (χ1) is 35.3. The molecule has 0 bridgehead atoms. The van der Waals surface area contributed by atoms with Crippen LogP contribution >= 0.6 is 11.3 Å². The van der Waals surface area contributed by atoms with Crippen LogP contribution in [-0.2, 0) is 27.3 Å². The van der Waals surface area contributed by atoms with Gasteiger partial charge in [0.1, 0.15) is 11.6 Å². The van der Waals surface area contributed by atoms with Crippen LogP contribution in [0.4, 0.5) is 22.3 Å². The Morgan fingerprint density at radius 2 is 1.71 bits per heavy atom. The Labute approximate surface area is 427 Å². The number of anilines is 4. The van der Waals surface area contributed by atoms with Gasteiger partial charge >= 0.3 is 5.97 Å². The summed E-state index contributed by atoms with van der Waals surface area (Å²) in [7, 11) is 1.73. The van der Waals surface area contributed by atoms with Crippen LogP contribution in [0.2, 0.25) is 0 Å². The van der Waals surface area contributed by atoms with E-state index in [4.69, 9.17) is 15.1 Å². The van der Waals surface area contributed by atoms with Crippen LogP contribution in [0.3, 0.4) is 0 Å². The number of likely N-dealkylation sites (tertiary alicyclic amines) is 1. The number of nitrogens with one attached hydrogen (secondary N) is 5. The summed E-state index contributed by atoms with van der Waals surface area (Å²) in [5.41, 5.74) is 7.56. The number of imide groups is 1. The molecule has 2 aromatic heterocycles. The zero-order valence-corrected chi connectivity index (χ0v) is 41.8. The van der Waals surface area contributed by atoms with Gasteiger partial charge in [-0.25, -0.2) is 14.8 Å². The summed E-state index contributed by atoms with van der Waals surface area (Å²) in [5.74, 6) is -1.19. The first-order valence-corrected chi connectivity index (χ1v) is 25.9. The first-order valence-electron chi connectivity index (χ1n) is 25.1. The monoisotopic (exact) mass is 1000 g/mol. The van der Waals surface area contributed by atoms with Crippen LogP contribution < -0.4 is 30.9 Å². The van der Waals surface area contributed by atoms with Gasteiger partial charge in [0, 0.05) is 54.6 Å². The van der Waals surface area contributed by atoms with Crippen molar-refractivity contribution in [2.75, 3.05) is 60.7 Å². The number of carbonyl (C=O) groups is 5. The molecule has 1 unspecified atom stereocenters. The van der Waals surface area contributed by atoms with E-state index in [-0.39, 0.29) is 47.5 Å². The average molecular weight is 1000 g/mol. The van der Waals surface area contributed by atoms with Gasteiger partial charge in [0.2, 0.25) is 17.7 Å². The summed E-state index contributed by atoms with van der Waals surface area (Å²) in [4.78, 5) is 77.4. The van der Waals surface area contributed by atoms with Gasteiger partial charge in [-0.3, -0.25) is 34.7 Å². The minimum absolute atomic E-state index is 0.0469. The summed E-state index contributed by atoms with van der Waals surface area (Å²) in [5, 5.41) is 31.2. The van der Waals surface area contributed by atoms with Crippen LogP contribution in [0.15, 0.2) is 91.0 Å². The number of nitrogens with zero attached hydrogens (tertiary/aromatic N) is 4. The number of para-hydroxylation sites is 1. The number of carboxylic acid groups (broad SMARTS) is 1. The molecule has 4 aromatic carbocycles. The lowest BCUT2D eigenvalue weighted by Crippen LogP contribution is -2.44. The summed E-state index contributed by atoms with van der Waals surface area (Å²) < 4.78 is 7.44. The predicted octanol–water partition coefficient (Wildman–Crippen LogP) is 8.93. The number of hydrogen-bond acceptors (Lipinski definition) is 13. The van der Waals surface area contributed by atoms with Crippen molar-refractivity contribution in [3.05, 3.63) is 125 Å². The Balaban J connectivity index is 0.712. The van der Waals surface area contributed by atoms with E-state index in [2.05, 4.69) is 31.2 Å². The van der Waals surface area contributed by atoms with Crippen molar-refractivity contribution in [3.63, 3.8) is 0 Å². The van der Waals surface area contributed by atoms with E-state index in [0.29, 0.717) is 83.2 Å². The van der Waals surface area contributed by atoms with E-state index in [1.54, 1.807) is 25.2 Å². The molecule has 3 fully saturated rings. The van der Waals surface area contributed by atoms with Crippen molar-refractivity contribution in [2.45, 2.75) is 71.3 Å². The highest BCUT2D eigenvalue weighted by Crippen LogP contribution is 2.50. The molecule has 1 aliphatic carbocycles. The average Bonchev–Trinajstić information content (AvgIpc) is 3.99. The second kappa shape index (κ2) is 20.9. The molecule has 4 amide bonds. The second-order valence-electron chi connectivity index (χ2n) is 19.9. The van der Waals surface area contributed by atoms with E-state index in [0.717, 1.165) is 84.1 Å². The van der Waals surface area contributed by atoms with E-state index >= 15 is 0 Å². The molecule has 376 valence electrons. The molecule has 6 N–H and O–H groups in total. The van der Waals surface area contributed by atoms with Crippen molar-refractivity contribution in [3.8, 4) is 16.9 Å². The van der Waals surface area contributed by atoms with Gasteiger partial charge in [-0.05, 0) is 160 Å². The normalized spacial score (nSPS) is 18.5. The van der Waals surface area contributed by atoms with Gasteiger partial charge in [0.05, 0.1) is 35.0 Å². The maximum Gasteiger partial charge on any atom is 0.355 e. The number of hydrogen-bond donors (Lipinski definition) is 6. The highest BCUT2D eigenvalue weighted by molar-refractivity contribution is 7.22. The number of carboxylic acids is 1. The van der Waals surface area contributed by atoms with E-state index in [1.807, 2.05) is 84.6 Å². The number of fused-ring (bicyclic) bond motifs is 2. The predicted molar refractivity (Wildman–Crippen MR) is 283 cm³/mol. The molecule has 2 saturated heterocycles. The smallest absolute Gasteiger partial charge is 0.355 e. The van der Waals surface area contributed by atoms with Crippen LogP contribution in [0.5, 0.6) is 5.75 Å². The topological polar surface area (TPSA) is 219 Å². The highest BCUT2D eigenvalue weighted by atomic mass is 32.1. The SMILES string of the molecule is CNc1cc(NC(=O)CN2CCC3(CC[C@H](CCOc4cccc(-c5ccc(N6CCc7cccc(C(=O)Nc8nc9ccccc9s8)c7C6)nc5C(=O)O)c4C)C3)CC2)ccc1C(=N)C1CCC(=O)NC1=O. The van der Waals surface area contributed by atoms with Crippen LogP contribution in [0, 0.1) is 29.6 Å². The molecule has 3 aliphatic heterocycles. The Hall–Kier alpha value is -7.50. The largest absolute Gasteiger partial charge is 0.493 e. The third-order valence-electron chi connectivity index (χ3n) is 15.3.